The number of carbonyl (C=O) groups excluding carboxylic acids is 1. The molecule has 4 rings (SSSR count). The molecular weight excluding hydrogens is 382 g/mol. The molecule has 6 nitrogen and oxygen atoms in total. The number of nitrogens with one attached hydrogen (secondary N) is 2. The molecule has 3 aromatic rings. The quantitative estimate of drug-likeness (QED) is 0.619. The molecule has 1 fully saturated rings. The van der Waals surface area contributed by atoms with Gasteiger partial charge >= 0.3 is 0 Å². The topological polar surface area (TPSA) is 76.1 Å². The van der Waals surface area contributed by atoms with Crippen LogP contribution in [0.5, 0.6) is 0 Å². The summed E-state index contributed by atoms with van der Waals surface area (Å²) in [5, 5.41) is 3.92. The molecule has 142 valence electrons. The van der Waals surface area contributed by atoms with Gasteiger partial charge in [-0.15, -0.1) is 11.3 Å². The van der Waals surface area contributed by atoms with E-state index in [4.69, 9.17) is 17.0 Å². The molecule has 1 amide bonds. The van der Waals surface area contributed by atoms with Crippen LogP contribution in [0.3, 0.4) is 0 Å². The number of benzene rings is 1. The summed E-state index contributed by atoms with van der Waals surface area (Å²) in [5.41, 5.74) is 0.714. The highest BCUT2D eigenvalue weighted by molar-refractivity contribution is 7.71. The maximum absolute atomic E-state index is 12.9. The molecule has 0 spiro atoms. The summed E-state index contributed by atoms with van der Waals surface area (Å²) in [5.74, 6) is -0.0172. The molecule has 3 heterocycles. The first-order chi connectivity index (χ1) is 13.1. The molecule has 1 saturated heterocycles. The highest BCUT2D eigenvalue weighted by Crippen LogP contribution is 2.29. The maximum atomic E-state index is 12.9. The monoisotopic (exact) mass is 403 g/mol. The number of aromatic amines is 1. The Kier molecular flexibility index (Phi) is 5.38. The zero-order valence-electron chi connectivity index (χ0n) is 14.8. The number of H-pyrrole nitrogens is 1. The lowest BCUT2D eigenvalue weighted by molar-refractivity contribution is -0.121. The zero-order valence-corrected chi connectivity index (χ0v) is 16.5. The third-order valence-electron chi connectivity index (χ3n) is 4.85. The van der Waals surface area contributed by atoms with Crippen LogP contribution in [0.4, 0.5) is 0 Å². The van der Waals surface area contributed by atoms with Crippen molar-refractivity contribution in [3.8, 4) is 0 Å². The van der Waals surface area contributed by atoms with Crippen LogP contribution >= 0.6 is 23.6 Å². The smallest absolute Gasteiger partial charge is 0.272 e. The predicted molar refractivity (Wildman–Crippen MR) is 110 cm³/mol. The lowest BCUT2D eigenvalue weighted by Crippen LogP contribution is -2.32. The largest absolute Gasteiger partial charge is 0.376 e. The first kappa shape index (κ1) is 18.3. The van der Waals surface area contributed by atoms with Gasteiger partial charge in [0, 0.05) is 36.2 Å². The van der Waals surface area contributed by atoms with Crippen molar-refractivity contribution in [1.29, 1.82) is 0 Å². The van der Waals surface area contributed by atoms with E-state index in [1.165, 1.54) is 11.3 Å². The molecule has 1 aromatic carbocycles. The summed E-state index contributed by atoms with van der Waals surface area (Å²) in [7, 11) is 0. The molecule has 0 bridgehead atoms. The number of thiophene rings is 1. The zero-order chi connectivity index (χ0) is 18.8. The first-order valence-electron chi connectivity index (χ1n) is 9.16. The second kappa shape index (κ2) is 7.92. The van der Waals surface area contributed by atoms with Gasteiger partial charge in [0.15, 0.2) is 4.77 Å². The molecule has 8 heteroatoms. The molecule has 0 unspecified atom stereocenters. The number of aromatic nitrogens is 2. The number of fused-ring (bicyclic) bond motifs is 3. The number of rotatable bonds is 6. The standard InChI is InChI=1S/C19H21N3O3S2/c23-15(20-11-12-5-4-10-25-12)8-3-9-22-18(24)17-16(21-19(22)26)13-6-1-2-7-14(13)27-17/h1-2,6-7,12H,3-5,8-11H2,(H,20,23)(H,21,26)/t12-/m1/s1. The van der Waals surface area contributed by atoms with Gasteiger partial charge in [-0.1, -0.05) is 18.2 Å². The highest BCUT2D eigenvalue weighted by atomic mass is 32.1. The Morgan fingerprint density at radius 2 is 2.26 bits per heavy atom. The van der Waals surface area contributed by atoms with E-state index >= 15 is 0 Å². The molecule has 1 aliphatic rings. The number of nitrogens with zero attached hydrogens (tertiary/aromatic N) is 1. The van der Waals surface area contributed by atoms with Crippen molar-refractivity contribution in [2.24, 2.45) is 0 Å². The van der Waals surface area contributed by atoms with Crippen LogP contribution in [-0.4, -0.2) is 34.7 Å². The van der Waals surface area contributed by atoms with Gasteiger partial charge in [-0.05, 0) is 37.5 Å². The van der Waals surface area contributed by atoms with Gasteiger partial charge in [0.05, 0.1) is 11.6 Å². The maximum Gasteiger partial charge on any atom is 0.272 e. The number of ether oxygens (including phenoxy) is 1. The lowest BCUT2D eigenvalue weighted by Gasteiger charge is -2.11. The van der Waals surface area contributed by atoms with Crippen molar-refractivity contribution in [1.82, 2.24) is 14.9 Å². The number of carbonyl (C=O) groups is 1. The summed E-state index contributed by atoms with van der Waals surface area (Å²) in [6, 6.07) is 7.90. The fraction of sp³-hybridized carbons (Fsp3) is 0.421. The third-order valence-corrected chi connectivity index (χ3v) is 6.33. The summed E-state index contributed by atoms with van der Waals surface area (Å²) >= 11 is 6.86. The Morgan fingerprint density at radius 1 is 1.41 bits per heavy atom. The molecule has 1 atom stereocenters. The average Bonchev–Trinajstić information content (AvgIpc) is 3.31. The van der Waals surface area contributed by atoms with E-state index in [1.807, 2.05) is 24.3 Å². The second-order valence-electron chi connectivity index (χ2n) is 6.73. The Morgan fingerprint density at radius 3 is 3.07 bits per heavy atom. The van der Waals surface area contributed by atoms with E-state index in [2.05, 4.69) is 10.3 Å². The van der Waals surface area contributed by atoms with Crippen molar-refractivity contribution in [2.45, 2.75) is 38.3 Å². The Labute approximate surface area is 165 Å². The van der Waals surface area contributed by atoms with Gasteiger partial charge in [-0.2, -0.15) is 0 Å². The summed E-state index contributed by atoms with van der Waals surface area (Å²) in [6.07, 6.45) is 3.12. The summed E-state index contributed by atoms with van der Waals surface area (Å²) in [4.78, 5) is 28.1. The van der Waals surface area contributed by atoms with Crippen molar-refractivity contribution in [3.05, 3.63) is 39.4 Å². The lowest BCUT2D eigenvalue weighted by atomic mass is 10.2. The van der Waals surface area contributed by atoms with Gasteiger partial charge < -0.3 is 15.0 Å². The fourth-order valence-corrected chi connectivity index (χ4v) is 4.81. The summed E-state index contributed by atoms with van der Waals surface area (Å²) < 4.78 is 9.18. The molecule has 2 aromatic heterocycles. The fourth-order valence-electron chi connectivity index (χ4n) is 3.43. The van der Waals surface area contributed by atoms with Crippen LogP contribution < -0.4 is 10.9 Å². The second-order valence-corrected chi connectivity index (χ2v) is 8.17. The van der Waals surface area contributed by atoms with Gasteiger partial charge in [0.25, 0.3) is 5.56 Å². The number of hydrogen-bond donors (Lipinski definition) is 2. The van der Waals surface area contributed by atoms with Crippen LogP contribution in [0.25, 0.3) is 20.3 Å². The van der Waals surface area contributed by atoms with Crippen molar-refractivity contribution in [2.75, 3.05) is 13.2 Å². The number of hydrogen-bond acceptors (Lipinski definition) is 5. The van der Waals surface area contributed by atoms with E-state index in [9.17, 15) is 9.59 Å². The highest BCUT2D eigenvalue weighted by Gasteiger charge is 2.16. The van der Waals surface area contributed by atoms with Crippen molar-refractivity contribution in [3.63, 3.8) is 0 Å². The SMILES string of the molecule is O=C(CCCn1c(=S)[nH]c2c(sc3ccccc32)c1=O)NC[C@H]1CCCO1. The minimum Gasteiger partial charge on any atom is -0.376 e. The molecule has 0 aliphatic carbocycles. The molecular formula is C19H21N3O3S2. The van der Waals surface area contributed by atoms with E-state index in [1.54, 1.807) is 4.57 Å². The summed E-state index contributed by atoms with van der Waals surface area (Å²) in [6.45, 7) is 1.76. The predicted octanol–water partition coefficient (Wildman–Crippen LogP) is 3.35. The van der Waals surface area contributed by atoms with Crippen molar-refractivity contribution >= 4 is 49.8 Å². The average molecular weight is 404 g/mol. The minimum absolute atomic E-state index is 0.0172. The Hall–Kier alpha value is -2.03. The molecule has 27 heavy (non-hydrogen) atoms. The number of amides is 1. The Balaban J connectivity index is 1.44. The molecule has 1 aliphatic heterocycles. The van der Waals surface area contributed by atoms with E-state index in [0.29, 0.717) is 35.4 Å². The van der Waals surface area contributed by atoms with E-state index in [-0.39, 0.29) is 17.6 Å². The van der Waals surface area contributed by atoms with Gasteiger partial charge in [-0.25, -0.2) is 0 Å². The van der Waals surface area contributed by atoms with Gasteiger partial charge in [-0.3, -0.25) is 14.2 Å². The minimum atomic E-state index is -0.0882. The van der Waals surface area contributed by atoms with E-state index < -0.39 is 0 Å². The van der Waals surface area contributed by atoms with Crippen LogP contribution in [0.1, 0.15) is 25.7 Å². The normalized spacial score (nSPS) is 17.0. The van der Waals surface area contributed by atoms with Crippen LogP contribution in [0.15, 0.2) is 29.1 Å². The Bertz CT molecular complexity index is 1090. The van der Waals surface area contributed by atoms with Gasteiger partial charge in [0.1, 0.15) is 4.70 Å². The van der Waals surface area contributed by atoms with Crippen LogP contribution in [0, 0.1) is 4.77 Å². The van der Waals surface area contributed by atoms with Crippen LogP contribution in [0.2, 0.25) is 0 Å². The first-order valence-corrected chi connectivity index (χ1v) is 10.4. The van der Waals surface area contributed by atoms with Gasteiger partial charge in [0.2, 0.25) is 5.91 Å². The molecule has 0 saturated carbocycles. The van der Waals surface area contributed by atoms with Crippen molar-refractivity contribution < 1.29 is 9.53 Å². The van der Waals surface area contributed by atoms with E-state index in [0.717, 1.165) is 35.1 Å². The molecule has 2 N–H and O–H groups in total. The third kappa shape index (κ3) is 3.83. The van der Waals surface area contributed by atoms with Crippen LogP contribution in [-0.2, 0) is 16.1 Å². The molecule has 0 radical (unpaired) electrons.